The van der Waals surface area contributed by atoms with Crippen LogP contribution in [0.5, 0.6) is 0 Å². The van der Waals surface area contributed by atoms with Gasteiger partial charge in [-0.25, -0.2) is 0 Å². The third kappa shape index (κ3) is 2.41. The fourth-order valence-electron chi connectivity index (χ4n) is 0.873. The second-order valence-corrected chi connectivity index (χ2v) is 2.85. The van der Waals surface area contributed by atoms with E-state index in [0.717, 1.165) is 6.07 Å². The topological polar surface area (TPSA) is 37.8 Å². The van der Waals surface area contributed by atoms with Crippen molar-refractivity contribution in [2.24, 2.45) is 0 Å². The van der Waals surface area contributed by atoms with Gasteiger partial charge in [-0.05, 0) is 26.1 Å². The molecule has 0 fully saturated rings. The smallest absolute Gasteiger partial charge is 0.312 e. The van der Waals surface area contributed by atoms with Gasteiger partial charge in [0.1, 0.15) is 0 Å². The van der Waals surface area contributed by atoms with Crippen LogP contribution in [-0.2, 0) is 6.18 Å². The molecule has 0 aromatic carbocycles. The van der Waals surface area contributed by atoms with Crippen molar-refractivity contribution in [3.8, 4) is 0 Å². The summed E-state index contributed by atoms with van der Waals surface area (Å²) in [5.74, 6) is 0. The Labute approximate surface area is 79.3 Å². The van der Waals surface area contributed by atoms with Crippen molar-refractivity contribution in [3.63, 3.8) is 0 Å². The molecule has 1 atom stereocenters. The first-order valence-electron chi connectivity index (χ1n) is 4.03. The first-order valence-corrected chi connectivity index (χ1v) is 4.03. The predicted molar refractivity (Wildman–Crippen MR) is 44.5 cm³/mol. The Morgan fingerprint density at radius 2 is 1.93 bits per heavy atom. The van der Waals surface area contributed by atoms with Crippen LogP contribution in [0.2, 0.25) is 0 Å². The van der Waals surface area contributed by atoms with Crippen LogP contribution in [0.25, 0.3) is 0 Å². The fraction of sp³-hybridized carbons (Fsp3) is 0.500. The van der Waals surface area contributed by atoms with Gasteiger partial charge in [0.15, 0.2) is 5.69 Å². The lowest BCUT2D eigenvalue weighted by atomic mass is 10.2. The van der Waals surface area contributed by atoms with Gasteiger partial charge in [0.25, 0.3) is 0 Å². The standard InChI is InChI=1S/C8H10F3N3/c1-5(12-2)6-3-4-7(14-13-6)8(9,10)11/h3-5,12H,1-2H3. The third-order valence-corrected chi connectivity index (χ3v) is 1.85. The molecule has 78 valence electrons. The summed E-state index contributed by atoms with van der Waals surface area (Å²) < 4.78 is 36.3. The summed E-state index contributed by atoms with van der Waals surface area (Å²) in [5.41, 5.74) is -0.481. The second-order valence-electron chi connectivity index (χ2n) is 2.85. The van der Waals surface area contributed by atoms with E-state index in [1.807, 2.05) is 0 Å². The third-order valence-electron chi connectivity index (χ3n) is 1.85. The van der Waals surface area contributed by atoms with Gasteiger partial charge in [-0.3, -0.25) is 0 Å². The lowest BCUT2D eigenvalue weighted by Gasteiger charge is -2.09. The first-order chi connectivity index (χ1) is 6.45. The van der Waals surface area contributed by atoms with Gasteiger partial charge in [0, 0.05) is 6.04 Å². The zero-order valence-electron chi connectivity index (χ0n) is 7.76. The first kappa shape index (κ1) is 10.9. The maximum absolute atomic E-state index is 12.1. The largest absolute Gasteiger partial charge is 0.435 e. The van der Waals surface area contributed by atoms with Crippen LogP contribution in [0.4, 0.5) is 13.2 Å². The van der Waals surface area contributed by atoms with Crippen molar-refractivity contribution < 1.29 is 13.2 Å². The lowest BCUT2D eigenvalue weighted by molar-refractivity contribution is -0.141. The number of hydrogen-bond donors (Lipinski definition) is 1. The summed E-state index contributed by atoms with van der Waals surface area (Å²) in [5, 5.41) is 9.44. The summed E-state index contributed by atoms with van der Waals surface area (Å²) >= 11 is 0. The van der Waals surface area contributed by atoms with Crippen LogP contribution in [0.3, 0.4) is 0 Å². The second kappa shape index (κ2) is 3.91. The van der Waals surface area contributed by atoms with Crippen LogP contribution in [-0.4, -0.2) is 17.2 Å². The summed E-state index contributed by atoms with van der Waals surface area (Å²) in [6.45, 7) is 1.79. The Kier molecular flexibility index (Phi) is 3.05. The highest BCUT2D eigenvalue weighted by molar-refractivity contribution is 5.11. The number of halogens is 3. The molecule has 1 aromatic rings. The Morgan fingerprint density at radius 3 is 2.29 bits per heavy atom. The number of hydrogen-bond acceptors (Lipinski definition) is 3. The number of rotatable bonds is 2. The Balaban J connectivity index is 2.89. The predicted octanol–water partition coefficient (Wildman–Crippen LogP) is 1.78. The zero-order valence-corrected chi connectivity index (χ0v) is 7.76. The molecule has 14 heavy (non-hydrogen) atoms. The van der Waals surface area contributed by atoms with Crippen molar-refractivity contribution in [2.45, 2.75) is 19.1 Å². The molecule has 0 aliphatic heterocycles. The lowest BCUT2D eigenvalue weighted by Crippen LogP contribution is -2.16. The van der Waals surface area contributed by atoms with Crippen molar-refractivity contribution in [1.82, 2.24) is 15.5 Å². The highest BCUT2D eigenvalue weighted by atomic mass is 19.4. The average molecular weight is 205 g/mol. The molecule has 1 N–H and O–H groups in total. The molecule has 1 heterocycles. The maximum atomic E-state index is 12.1. The molecule has 1 rings (SSSR count). The minimum Gasteiger partial charge on any atom is -0.312 e. The molecule has 0 radical (unpaired) electrons. The molecule has 0 bridgehead atoms. The van der Waals surface area contributed by atoms with Crippen molar-refractivity contribution in [1.29, 1.82) is 0 Å². The van der Waals surface area contributed by atoms with Crippen LogP contribution in [0.1, 0.15) is 24.4 Å². The van der Waals surface area contributed by atoms with E-state index < -0.39 is 11.9 Å². The van der Waals surface area contributed by atoms with Crippen LogP contribution in [0.15, 0.2) is 12.1 Å². The SMILES string of the molecule is CNC(C)c1ccc(C(F)(F)F)nn1. The summed E-state index contributed by atoms with van der Waals surface area (Å²) in [6, 6.07) is 2.14. The molecule has 0 spiro atoms. The zero-order chi connectivity index (χ0) is 10.8. The molecule has 0 saturated carbocycles. The van der Waals surface area contributed by atoms with Crippen LogP contribution in [0, 0.1) is 0 Å². The molecule has 3 nitrogen and oxygen atoms in total. The fourth-order valence-corrected chi connectivity index (χ4v) is 0.873. The molecule has 0 aliphatic carbocycles. The highest BCUT2D eigenvalue weighted by Gasteiger charge is 2.32. The van der Waals surface area contributed by atoms with Gasteiger partial charge >= 0.3 is 6.18 Å². The molecule has 1 unspecified atom stereocenters. The number of alkyl halides is 3. The van der Waals surface area contributed by atoms with E-state index >= 15 is 0 Å². The molecular weight excluding hydrogens is 195 g/mol. The van der Waals surface area contributed by atoms with Gasteiger partial charge in [-0.15, -0.1) is 5.10 Å². The van der Waals surface area contributed by atoms with E-state index in [1.54, 1.807) is 14.0 Å². The van der Waals surface area contributed by atoms with Gasteiger partial charge in [0.05, 0.1) is 5.69 Å². The van der Waals surface area contributed by atoms with Crippen LogP contribution < -0.4 is 5.32 Å². The van der Waals surface area contributed by atoms with Crippen molar-refractivity contribution in [3.05, 3.63) is 23.5 Å². The molecule has 6 heteroatoms. The number of nitrogens with one attached hydrogen (secondary N) is 1. The molecular formula is C8H10F3N3. The van der Waals surface area contributed by atoms with E-state index in [2.05, 4.69) is 15.5 Å². The monoisotopic (exact) mass is 205 g/mol. The van der Waals surface area contributed by atoms with E-state index in [9.17, 15) is 13.2 Å². The maximum Gasteiger partial charge on any atom is 0.435 e. The van der Waals surface area contributed by atoms with Gasteiger partial charge in [-0.2, -0.15) is 18.3 Å². The Hall–Kier alpha value is -1.17. The van der Waals surface area contributed by atoms with Gasteiger partial charge < -0.3 is 5.32 Å². The minimum atomic E-state index is -4.42. The van der Waals surface area contributed by atoms with E-state index in [0.29, 0.717) is 5.69 Å². The number of nitrogens with zero attached hydrogens (tertiary/aromatic N) is 2. The Morgan fingerprint density at radius 1 is 1.29 bits per heavy atom. The van der Waals surface area contributed by atoms with Gasteiger partial charge in [-0.1, -0.05) is 0 Å². The normalized spacial score (nSPS) is 14.1. The van der Waals surface area contributed by atoms with Gasteiger partial charge in [0.2, 0.25) is 0 Å². The average Bonchev–Trinajstić information content (AvgIpc) is 2.15. The summed E-state index contributed by atoms with van der Waals surface area (Å²) in [7, 11) is 1.70. The van der Waals surface area contributed by atoms with Crippen molar-refractivity contribution in [2.75, 3.05) is 7.05 Å². The quantitative estimate of drug-likeness (QED) is 0.799. The highest BCUT2D eigenvalue weighted by Crippen LogP contribution is 2.27. The molecule has 0 amide bonds. The summed E-state index contributed by atoms with van der Waals surface area (Å²) in [4.78, 5) is 0. The molecule has 1 aromatic heterocycles. The van der Waals surface area contributed by atoms with E-state index in [1.165, 1.54) is 6.07 Å². The van der Waals surface area contributed by atoms with Crippen LogP contribution >= 0.6 is 0 Å². The van der Waals surface area contributed by atoms with E-state index in [-0.39, 0.29) is 6.04 Å². The molecule has 0 saturated heterocycles. The van der Waals surface area contributed by atoms with E-state index in [4.69, 9.17) is 0 Å². The number of aromatic nitrogens is 2. The minimum absolute atomic E-state index is 0.107. The van der Waals surface area contributed by atoms with Crippen molar-refractivity contribution >= 4 is 0 Å². The molecule has 0 aliphatic rings. The Bertz CT molecular complexity index is 294. The summed E-state index contributed by atoms with van der Waals surface area (Å²) in [6.07, 6.45) is -4.42.